The van der Waals surface area contributed by atoms with Gasteiger partial charge in [-0.2, -0.15) is 0 Å². The maximum atomic E-state index is 10.4. The molecule has 1 heterocycles. The maximum Gasteiger partial charge on any atom is 0.193 e. The number of rotatable bonds is 4. The molecule has 2 N–H and O–H groups in total. The van der Waals surface area contributed by atoms with Crippen LogP contribution in [0.1, 0.15) is 30.6 Å². The van der Waals surface area contributed by atoms with Gasteiger partial charge in [-0.25, -0.2) is 0 Å². The highest BCUT2D eigenvalue weighted by Gasteiger charge is 2.31. The molecule has 2 rings (SSSR count). The Bertz CT molecular complexity index is 475. The smallest absolute Gasteiger partial charge is 0.193 e. The molecule has 1 aliphatic carbocycles. The van der Waals surface area contributed by atoms with Crippen LogP contribution >= 0.6 is 51.2 Å². The quantitative estimate of drug-likeness (QED) is 0.388. The van der Waals surface area contributed by atoms with Crippen molar-refractivity contribution in [3.05, 3.63) is 20.8 Å². The molecule has 120 valence electrons. The Labute approximate surface area is 156 Å². The fourth-order valence-corrected chi connectivity index (χ4v) is 4.12. The average molecular weight is 488 g/mol. The van der Waals surface area contributed by atoms with E-state index in [4.69, 9.17) is 0 Å². The van der Waals surface area contributed by atoms with Crippen molar-refractivity contribution in [3.8, 4) is 0 Å². The standard InChI is InChI=1S/C14H22BrN3OS.HI/c1-16-13(17-10-14(19)7-3-4-8-14)18(2)9-11-5-6-12(15)20-11;/h5-6,19H,3-4,7-10H2,1-2H3,(H,16,17);1H. The second-order valence-corrected chi connectivity index (χ2v) is 7.94. The predicted molar refractivity (Wildman–Crippen MR) is 104 cm³/mol. The van der Waals surface area contributed by atoms with Crippen LogP contribution in [-0.4, -0.2) is 42.2 Å². The third kappa shape index (κ3) is 5.69. The first-order valence-corrected chi connectivity index (χ1v) is 8.52. The summed E-state index contributed by atoms with van der Waals surface area (Å²) < 4.78 is 1.14. The summed E-state index contributed by atoms with van der Waals surface area (Å²) >= 11 is 5.21. The molecule has 0 saturated heterocycles. The van der Waals surface area contributed by atoms with Gasteiger partial charge in [0.25, 0.3) is 0 Å². The van der Waals surface area contributed by atoms with Gasteiger partial charge in [-0.3, -0.25) is 4.99 Å². The Balaban J connectivity index is 0.00000220. The summed E-state index contributed by atoms with van der Waals surface area (Å²) in [5, 5.41) is 13.7. The molecule has 1 saturated carbocycles. The van der Waals surface area contributed by atoms with E-state index in [2.05, 4.69) is 43.3 Å². The van der Waals surface area contributed by atoms with Crippen molar-refractivity contribution in [2.45, 2.75) is 37.8 Å². The molecule has 21 heavy (non-hydrogen) atoms. The maximum absolute atomic E-state index is 10.4. The Morgan fingerprint density at radius 1 is 1.48 bits per heavy atom. The fraction of sp³-hybridized carbons (Fsp3) is 0.643. The molecular formula is C14H23BrIN3OS. The predicted octanol–water partition coefficient (Wildman–Crippen LogP) is 3.44. The topological polar surface area (TPSA) is 47.9 Å². The molecule has 0 atom stereocenters. The highest BCUT2D eigenvalue weighted by Crippen LogP contribution is 2.28. The number of hydrogen-bond donors (Lipinski definition) is 2. The highest BCUT2D eigenvalue weighted by molar-refractivity contribution is 14.0. The second kappa shape index (κ2) is 8.69. The zero-order valence-corrected chi connectivity index (χ0v) is 17.2. The molecule has 7 heteroatoms. The minimum atomic E-state index is -0.553. The number of nitrogens with one attached hydrogen (secondary N) is 1. The number of thiophene rings is 1. The normalized spacial score (nSPS) is 17.4. The van der Waals surface area contributed by atoms with Crippen LogP contribution in [0, 0.1) is 0 Å². The van der Waals surface area contributed by atoms with Gasteiger partial charge in [0.2, 0.25) is 0 Å². The van der Waals surface area contributed by atoms with Crippen LogP contribution in [0.4, 0.5) is 0 Å². The van der Waals surface area contributed by atoms with E-state index in [0.29, 0.717) is 6.54 Å². The molecule has 0 amide bonds. The number of halogens is 2. The Morgan fingerprint density at radius 2 is 2.14 bits per heavy atom. The van der Waals surface area contributed by atoms with E-state index in [9.17, 15) is 5.11 Å². The summed E-state index contributed by atoms with van der Waals surface area (Å²) in [6.45, 7) is 1.40. The van der Waals surface area contributed by atoms with Crippen molar-refractivity contribution in [2.24, 2.45) is 4.99 Å². The summed E-state index contributed by atoms with van der Waals surface area (Å²) in [5.74, 6) is 0.829. The van der Waals surface area contributed by atoms with Gasteiger partial charge >= 0.3 is 0 Å². The number of guanidine groups is 1. The van der Waals surface area contributed by atoms with E-state index in [1.54, 1.807) is 18.4 Å². The van der Waals surface area contributed by atoms with Crippen LogP contribution in [0.25, 0.3) is 0 Å². The summed E-state index contributed by atoms with van der Waals surface area (Å²) in [6, 6.07) is 4.17. The lowest BCUT2D eigenvalue weighted by atomic mass is 10.0. The van der Waals surface area contributed by atoms with Gasteiger partial charge in [0, 0.05) is 25.5 Å². The van der Waals surface area contributed by atoms with Crippen LogP contribution in [0.2, 0.25) is 0 Å². The lowest BCUT2D eigenvalue weighted by Gasteiger charge is -2.27. The molecule has 1 aliphatic rings. The summed E-state index contributed by atoms with van der Waals surface area (Å²) in [5.41, 5.74) is -0.553. The number of nitrogens with zero attached hydrogens (tertiary/aromatic N) is 2. The Morgan fingerprint density at radius 3 is 2.67 bits per heavy atom. The molecule has 0 spiro atoms. The van der Waals surface area contributed by atoms with Gasteiger partial charge in [-0.1, -0.05) is 12.8 Å². The molecule has 0 aromatic carbocycles. The first kappa shape index (κ1) is 19.2. The zero-order chi connectivity index (χ0) is 14.6. The first-order chi connectivity index (χ1) is 9.52. The summed E-state index contributed by atoms with van der Waals surface area (Å²) in [7, 11) is 3.80. The van der Waals surface area contributed by atoms with Gasteiger partial charge in [-0.05, 0) is 40.9 Å². The van der Waals surface area contributed by atoms with Gasteiger partial charge in [0.05, 0.1) is 15.9 Å². The summed E-state index contributed by atoms with van der Waals surface area (Å²) in [4.78, 5) is 7.66. The monoisotopic (exact) mass is 487 g/mol. The van der Waals surface area contributed by atoms with E-state index in [-0.39, 0.29) is 24.0 Å². The molecule has 1 aromatic rings. The van der Waals surface area contributed by atoms with E-state index >= 15 is 0 Å². The highest BCUT2D eigenvalue weighted by atomic mass is 127. The molecular weight excluding hydrogens is 465 g/mol. The van der Waals surface area contributed by atoms with Crippen LogP contribution in [0.5, 0.6) is 0 Å². The first-order valence-electron chi connectivity index (χ1n) is 6.91. The van der Waals surface area contributed by atoms with Crippen molar-refractivity contribution in [1.82, 2.24) is 10.2 Å². The lowest BCUT2D eigenvalue weighted by molar-refractivity contribution is 0.0516. The molecule has 1 fully saturated rings. The minimum absolute atomic E-state index is 0. The molecule has 0 radical (unpaired) electrons. The van der Waals surface area contributed by atoms with Gasteiger partial charge in [0.15, 0.2) is 5.96 Å². The van der Waals surface area contributed by atoms with Crippen LogP contribution in [0.15, 0.2) is 20.9 Å². The average Bonchev–Trinajstić information content (AvgIpc) is 3.00. The zero-order valence-electron chi connectivity index (χ0n) is 12.4. The van der Waals surface area contributed by atoms with E-state index in [0.717, 1.165) is 42.0 Å². The molecule has 0 aliphatic heterocycles. The Kier molecular flexibility index (Phi) is 7.94. The SMILES string of the molecule is CN=C(NCC1(O)CCCC1)N(C)Cc1ccc(Br)s1.I. The van der Waals surface area contributed by atoms with E-state index < -0.39 is 5.60 Å². The Hall–Kier alpha value is 0.140. The fourth-order valence-electron chi connectivity index (χ4n) is 2.58. The molecule has 0 unspecified atom stereocenters. The third-order valence-electron chi connectivity index (χ3n) is 3.71. The largest absolute Gasteiger partial charge is 0.388 e. The lowest BCUT2D eigenvalue weighted by Crippen LogP contribution is -2.46. The molecule has 4 nitrogen and oxygen atoms in total. The van der Waals surface area contributed by atoms with Gasteiger partial charge in [0.1, 0.15) is 0 Å². The van der Waals surface area contributed by atoms with Crippen molar-refractivity contribution in [2.75, 3.05) is 20.6 Å². The van der Waals surface area contributed by atoms with Crippen LogP contribution in [-0.2, 0) is 6.54 Å². The van der Waals surface area contributed by atoms with Crippen molar-refractivity contribution in [3.63, 3.8) is 0 Å². The second-order valence-electron chi connectivity index (χ2n) is 5.39. The van der Waals surface area contributed by atoms with E-state index in [1.165, 1.54) is 4.88 Å². The van der Waals surface area contributed by atoms with Crippen molar-refractivity contribution < 1.29 is 5.11 Å². The summed E-state index contributed by atoms with van der Waals surface area (Å²) in [6.07, 6.45) is 4.02. The molecule has 0 bridgehead atoms. The minimum Gasteiger partial charge on any atom is -0.388 e. The third-order valence-corrected chi connectivity index (χ3v) is 5.31. The van der Waals surface area contributed by atoms with Crippen molar-refractivity contribution >= 4 is 57.2 Å². The molecule has 1 aromatic heterocycles. The van der Waals surface area contributed by atoms with E-state index in [1.807, 2.05) is 7.05 Å². The van der Waals surface area contributed by atoms with Crippen LogP contribution < -0.4 is 5.32 Å². The number of aliphatic hydroxyl groups is 1. The van der Waals surface area contributed by atoms with Crippen molar-refractivity contribution in [1.29, 1.82) is 0 Å². The van der Waals surface area contributed by atoms with Crippen LogP contribution in [0.3, 0.4) is 0 Å². The van der Waals surface area contributed by atoms with Gasteiger partial charge in [-0.15, -0.1) is 35.3 Å². The number of aliphatic imine (C=N–C) groups is 1. The number of hydrogen-bond acceptors (Lipinski definition) is 3. The van der Waals surface area contributed by atoms with Gasteiger partial charge < -0.3 is 15.3 Å².